The minimum Gasteiger partial charge on any atom is -0.483 e. The van der Waals surface area contributed by atoms with Crippen LogP contribution < -0.4 is 10.1 Å². The second kappa shape index (κ2) is 10.1. The highest BCUT2D eigenvalue weighted by atomic mass is 16.5. The first-order chi connectivity index (χ1) is 15.6. The number of likely N-dealkylation sites (N-methyl/N-ethyl adjacent to an activating group) is 1. The SMILES string of the molecule is CN(C(=O)COc1ccccc1C(=O)NCc1ccccc1)C1CCCc2ccccc21. The quantitative estimate of drug-likeness (QED) is 0.601. The first-order valence-electron chi connectivity index (χ1n) is 11.0. The van der Waals surface area contributed by atoms with Gasteiger partial charge in [-0.05, 0) is 48.1 Å². The average molecular weight is 429 g/mol. The van der Waals surface area contributed by atoms with Crippen LogP contribution in [-0.2, 0) is 17.8 Å². The van der Waals surface area contributed by atoms with Gasteiger partial charge in [0.05, 0.1) is 11.6 Å². The molecular weight excluding hydrogens is 400 g/mol. The van der Waals surface area contributed by atoms with E-state index in [-0.39, 0.29) is 24.5 Å². The van der Waals surface area contributed by atoms with Gasteiger partial charge in [0, 0.05) is 13.6 Å². The monoisotopic (exact) mass is 428 g/mol. The number of aryl methyl sites for hydroxylation is 1. The molecule has 0 saturated heterocycles. The second-order valence-electron chi connectivity index (χ2n) is 8.06. The van der Waals surface area contributed by atoms with Gasteiger partial charge in [0.1, 0.15) is 5.75 Å². The largest absolute Gasteiger partial charge is 0.483 e. The standard InChI is InChI=1S/C27H28N2O3/c1-29(24-16-9-13-21-12-5-6-14-22(21)24)26(30)19-32-25-17-8-7-15-23(25)27(31)28-18-20-10-3-2-4-11-20/h2-8,10-12,14-15,17,24H,9,13,16,18-19H2,1H3,(H,28,31). The summed E-state index contributed by atoms with van der Waals surface area (Å²) in [5, 5.41) is 2.91. The van der Waals surface area contributed by atoms with Crippen LogP contribution in [0.3, 0.4) is 0 Å². The zero-order valence-corrected chi connectivity index (χ0v) is 18.3. The molecule has 32 heavy (non-hydrogen) atoms. The Labute approximate surface area is 189 Å². The molecule has 0 radical (unpaired) electrons. The van der Waals surface area contributed by atoms with Crippen LogP contribution in [0.1, 0.15) is 45.9 Å². The molecule has 1 atom stereocenters. The van der Waals surface area contributed by atoms with Crippen molar-refractivity contribution in [3.05, 3.63) is 101 Å². The van der Waals surface area contributed by atoms with Crippen LogP contribution in [-0.4, -0.2) is 30.4 Å². The van der Waals surface area contributed by atoms with Crippen LogP contribution in [0.25, 0.3) is 0 Å². The number of hydrogen-bond acceptors (Lipinski definition) is 3. The zero-order valence-electron chi connectivity index (χ0n) is 18.3. The molecule has 1 aliphatic carbocycles. The van der Waals surface area contributed by atoms with E-state index in [2.05, 4.69) is 17.4 Å². The summed E-state index contributed by atoms with van der Waals surface area (Å²) in [5.74, 6) is 0.0709. The summed E-state index contributed by atoms with van der Waals surface area (Å²) in [7, 11) is 1.83. The third-order valence-corrected chi connectivity index (χ3v) is 5.98. The average Bonchev–Trinajstić information content (AvgIpc) is 2.85. The van der Waals surface area contributed by atoms with E-state index in [1.165, 1.54) is 11.1 Å². The molecular formula is C27H28N2O3. The van der Waals surface area contributed by atoms with E-state index in [0.717, 1.165) is 24.8 Å². The number of hydrogen-bond donors (Lipinski definition) is 1. The maximum absolute atomic E-state index is 12.9. The van der Waals surface area contributed by atoms with Crippen LogP contribution in [0.5, 0.6) is 5.75 Å². The Morgan fingerprint density at radius 3 is 2.53 bits per heavy atom. The van der Waals surface area contributed by atoms with Crippen molar-refractivity contribution in [2.45, 2.75) is 31.8 Å². The molecule has 0 spiro atoms. The number of ether oxygens (including phenoxy) is 1. The fraction of sp³-hybridized carbons (Fsp3) is 0.259. The Morgan fingerprint density at radius 2 is 1.69 bits per heavy atom. The zero-order chi connectivity index (χ0) is 22.3. The second-order valence-corrected chi connectivity index (χ2v) is 8.06. The maximum Gasteiger partial charge on any atom is 0.260 e. The molecule has 5 nitrogen and oxygen atoms in total. The van der Waals surface area contributed by atoms with Gasteiger partial charge in [-0.1, -0.05) is 66.7 Å². The lowest BCUT2D eigenvalue weighted by Gasteiger charge is -2.33. The smallest absolute Gasteiger partial charge is 0.260 e. The summed E-state index contributed by atoms with van der Waals surface area (Å²) in [6, 6.07) is 25.1. The molecule has 2 amide bonds. The van der Waals surface area contributed by atoms with Crippen molar-refractivity contribution >= 4 is 11.8 Å². The lowest BCUT2D eigenvalue weighted by atomic mass is 9.87. The summed E-state index contributed by atoms with van der Waals surface area (Å²) in [6.07, 6.45) is 3.05. The van der Waals surface area contributed by atoms with Crippen molar-refractivity contribution in [2.75, 3.05) is 13.7 Å². The normalized spacial score (nSPS) is 14.8. The Kier molecular flexibility index (Phi) is 6.85. The summed E-state index contributed by atoms with van der Waals surface area (Å²) in [5.41, 5.74) is 3.96. The molecule has 1 unspecified atom stereocenters. The Balaban J connectivity index is 1.39. The van der Waals surface area contributed by atoms with Crippen molar-refractivity contribution in [3.8, 4) is 5.75 Å². The van der Waals surface area contributed by atoms with E-state index < -0.39 is 0 Å². The molecule has 4 rings (SSSR count). The molecule has 0 heterocycles. The first-order valence-corrected chi connectivity index (χ1v) is 11.0. The molecule has 0 bridgehead atoms. The van der Waals surface area contributed by atoms with E-state index in [1.807, 2.05) is 49.5 Å². The number of carbonyl (C=O) groups excluding carboxylic acids is 2. The Morgan fingerprint density at radius 1 is 0.969 bits per heavy atom. The lowest BCUT2D eigenvalue weighted by Crippen LogP contribution is -2.36. The van der Waals surface area contributed by atoms with Gasteiger partial charge in [-0.15, -0.1) is 0 Å². The van der Waals surface area contributed by atoms with Gasteiger partial charge in [0.2, 0.25) is 0 Å². The Bertz CT molecular complexity index is 1080. The van der Waals surface area contributed by atoms with E-state index in [9.17, 15) is 9.59 Å². The fourth-order valence-corrected chi connectivity index (χ4v) is 4.20. The predicted molar refractivity (Wildman–Crippen MR) is 124 cm³/mol. The maximum atomic E-state index is 12.9. The highest BCUT2D eigenvalue weighted by Gasteiger charge is 2.27. The first kappa shape index (κ1) is 21.6. The van der Waals surface area contributed by atoms with Gasteiger partial charge in [-0.3, -0.25) is 9.59 Å². The molecule has 5 heteroatoms. The van der Waals surface area contributed by atoms with E-state index in [4.69, 9.17) is 4.74 Å². The van der Waals surface area contributed by atoms with Gasteiger partial charge in [0.15, 0.2) is 6.61 Å². The molecule has 1 N–H and O–H groups in total. The molecule has 0 fully saturated rings. The number of para-hydroxylation sites is 1. The van der Waals surface area contributed by atoms with Gasteiger partial charge in [-0.25, -0.2) is 0 Å². The van der Waals surface area contributed by atoms with Gasteiger partial charge in [-0.2, -0.15) is 0 Å². The number of rotatable bonds is 7. The van der Waals surface area contributed by atoms with Crippen LogP contribution in [0, 0.1) is 0 Å². The minimum atomic E-state index is -0.230. The third-order valence-electron chi connectivity index (χ3n) is 5.98. The molecule has 3 aromatic carbocycles. The fourth-order valence-electron chi connectivity index (χ4n) is 4.20. The van der Waals surface area contributed by atoms with E-state index in [0.29, 0.717) is 17.9 Å². The summed E-state index contributed by atoms with van der Waals surface area (Å²) in [4.78, 5) is 27.4. The van der Waals surface area contributed by atoms with Crippen molar-refractivity contribution in [2.24, 2.45) is 0 Å². The molecule has 0 aliphatic heterocycles. The molecule has 3 aromatic rings. The molecule has 1 aliphatic rings. The summed E-state index contributed by atoms with van der Waals surface area (Å²) < 4.78 is 5.82. The highest BCUT2D eigenvalue weighted by Crippen LogP contribution is 2.33. The van der Waals surface area contributed by atoms with Crippen molar-refractivity contribution < 1.29 is 14.3 Å². The van der Waals surface area contributed by atoms with Crippen molar-refractivity contribution in [1.29, 1.82) is 0 Å². The Hall–Kier alpha value is -3.60. The predicted octanol–water partition coefficient (Wildman–Crippen LogP) is 4.53. The van der Waals surface area contributed by atoms with Crippen molar-refractivity contribution in [3.63, 3.8) is 0 Å². The number of nitrogens with one attached hydrogen (secondary N) is 1. The van der Waals surface area contributed by atoms with Crippen molar-refractivity contribution in [1.82, 2.24) is 10.2 Å². The molecule has 0 saturated carbocycles. The summed E-state index contributed by atoms with van der Waals surface area (Å²) in [6.45, 7) is 0.314. The van der Waals surface area contributed by atoms with Gasteiger partial charge < -0.3 is 15.0 Å². The number of carbonyl (C=O) groups is 2. The minimum absolute atomic E-state index is 0.0560. The van der Waals surface area contributed by atoms with Crippen LogP contribution >= 0.6 is 0 Å². The van der Waals surface area contributed by atoms with E-state index >= 15 is 0 Å². The van der Waals surface area contributed by atoms with Crippen LogP contribution in [0.15, 0.2) is 78.9 Å². The number of amides is 2. The van der Waals surface area contributed by atoms with E-state index in [1.54, 1.807) is 29.2 Å². The molecule has 0 aromatic heterocycles. The number of nitrogens with zero attached hydrogens (tertiary/aromatic N) is 1. The third kappa shape index (κ3) is 4.99. The number of benzene rings is 3. The molecule has 164 valence electrons. The highest BCUT2D eigenvalue weighted by molar-refractivity contribution is 5.97. The van der Waals surface area contributed by atoms with Gasteiger partial charge in [0.25, 0.3) is 11.8 Å². The van der Waals surface area contributed by atoms with Crippen LogP contribution in [0.2, 0.25) is 0 Å². The lowest BCUT2D eigenvalue weighted by molar-refractivity contribution is -0.134. The summed E-state index contributed by atoms with van der Waals surface area (Å²) >= 11 is 0. The number of fused-ring (bicyclic) bond motifs is 1. The van der Waals surface area contributed by atoms with Crippen LogP contribution in [0.4, 0.5) is 0 Å². The van der Waals surface area contributed by atoms with Gasteiger partial charge >= 0.3 is 0 Å². The topological polar surface area (TPSA) is 58.6 Å².